The number of halogens is 6. The van der Waals surface area contributed by atoms with E-state index in [1.807, 2.05) is 4.72 Å². The summed E-state index contributed by atoms with van der Waals surface area (Å²) in [5, 5.41) is 0. The molecule has 0 radical (unpaired) electrons. The molecule has 0 atom stereocenters. The van der Waals surface area contributed by atoms with Gasteiger partial charge in [0.15, 0.2) is 0 Å². The largest absolute Gasteiger partial charge is 0.425 e. The van der Waals surface area contributed by atoms with Gasteiger partial charge in [0, 0.05) is 5.69 Å². The van der Waals surface area contributed by atoms with Crippen LogP contribution in [0.2, 0.25) is 0 Å². The Kier molecular flexibility index (Phi) is 4.37. The summed E-state index contributed by atoms with van der Waals surface area (Å²) in [5.41, 5.74) is -1.48. The van der Waals surface area contributed by atoms with Gasteiger partial charge in [0.2, 0.25) is 0 Å². The van der Waals surface area contributed by atoms with Crippen LogP contribution < -0.4 is 4.72 Å². The van der Waals surface area contributed by atoms with E-state index in [-0.39, 0.29) is 11.3 Å². The van der Waals surface area contributed by atoms with Gasteiger partial charge in [-0.3, -0.25) is 4.72 Å². The van der Waals surface area contributed by atoms with Crippen LogP contribution in [0.15, 0.2) is 40.6 Å². The van der Waals surface area contributed by atoms with Crippen LogP contribution in [0.4, 0.5) is 32.0 Å². The van der Waals surface area contributed by atoms with Crippen molar-refractivity contribution in [2.24, 2.45) is 0 Å². The van der Waals surface area contributed by atoms with Crippen molar-refractivity contribution < 1.29 is 34.8 Å². The zero-order chi connectivity index (χ0) is 17.5. The van der Waals surface area contributed by atoms with Gasteiger partial charge >= 0.3 is 12.4 Å². The number of alkyl halides is 6. The SMILES string of the molecule is O=S(=O)(Nc1cccc(C(F)(F)F)c1)c1ccc(C(F)(F)F)s1. The van der Waals surface area contributed by atoms with Crippen molar-refractivity contribution in [1.82, 2.24) is 0 Å². The molecule has 0 bridgehead atoms. The summed E-state index contributed by atoms with van der Waals surface area (Å²) < 4.78 is 100. The molecule has 1 N–H and O–H groups in total. The van der Waals surface area contributed by atoms with E-state index in [2.05, 4.69) is 0 Å². The quantitative estimate of drug-likeness (QED) is 0.798. The Bertz CT molecular complexity index is 807. The third-order valence-corrected chi connectivity index (χ3v) is 5.57. The first-order valence-electron chi connectivity index (χ1n) is 5.77. The number of rotatable bonds is 3. The van der Waals surface area contributed by atoms with E-state index >= 15 is 0 Å². The maximum Gasteiger partial charge on any atom is 0.425 e. The molecule has 2 rings (SSSR count). The van der Waals surface area contributed by atoms with Gasteiger partial charge in [-0.1, -0.05) is 6.07 Å². The normalized spacial score (nSPS) is 13.1. The number of nitrogens with one attached hydrogen (secondary N) is 1. The van der Waals surface area contributed by atoms with Gasteiger partial charge < -0.3 is 0 Å². The van der Waals surface area contributed by atoms with Crippen molar-refractivity contribution >= 4 is 27.0 Å². The number of benzene rings is 1. The van der Waals surface area contributed by atoms with Crippen molar-refractivity contribution in [3.63, 3.8) is 0 Å². The number of sulfonamides is 1. The fourth-order valence-corrected chi connectivity index (χ4v) is 3.80. The maximum atomic E-state index is 12.6. The Balaban J connectivity index is 2.30. The molecule has 23 heavy (non-hydrogen) atoms. The van der Waals surface area contributed by atoms with Gasteiger partial charge in [-0.05, 0) is 30.3 Å². The number of hydrogen-bond donors (Lipinski definition) is 1. The lowest BCUT2D eigenvalue weighted by Crippen LogP contribution is -2.13. The molecule has 2 aromatic rings. The highest BCUT2D eigenvalue weighted by Crippen LogP contribution is 2.37. The van der Waals surface area contributed by atoms with Gasteiger partial charge in [0.1, 0.15) is 9.09 Å². The van der Waals surface area contributed by atoms with Crippen LogP contribution in [-0.4, -0.2) is 8.42 Å². The van der Waals surface area contributed by atoms with Crippen LogP contribution in [0, 0.1) is 0 Å². The Hall–Kier alpha value is -1.75. The van der Waals surface area contributed by atoms with E-state index in [0.29, 0.717) is 12.1 Å². The lowest BCUT2D eigenvalue weighted by Gasteiger charge is -2.10. The van der Waals surface area contributed by atoms with Crippen molar-refractivity contribution in [2.45, 2.75) is 16.6 Å². The fraction of sp³-hybridized carbons (Fsp3) is 0.167. The molecular formula is C12H7F6NO2S2. The Morgan fingerprint density at radius 1 is 0.913 bits per heavy atom. The first-order valence-corrected chi connectivity index (χ1v) is 8.07. The number of thiophene rings is 1. The van der Waals surface area contributed by atoms with Crippen LogP contribution in [0.5, 0.6) is 0 Å². The highest BCUT2D eigenvalue weighted by Gasteiger charge is 2.34. The van der Waals surface area contributed by atoms with Gasteiger partial charge in [-0.2, -0.15) is 26.3 Å². The molecule has 0 aliphatic heterocycles. The molecule has 0 spiro atoms. The smallest absolute Gasteiger partial charge is 0.279 e. The second-order valence-corrected chi connectivity index (χ2v) is 7.29. The summed E-state index contributed by atoms with van der Waals surface area (Å²) in [4.78, 5) is -1.12. The Morgan fingerprint density at radius 3 is 2.09 bits per heavy atom. The zero-order valence-electron chi connectivity index (χ0n) is 10.9. The van der Waals surface area contributed by atoms with E-state index in [4.69, 9.17) is 0 Å². The summed E-state index contributed by atoms with van der Waals surface area (Å²) in [6.07, 6.45) is -9.37. The Morgan fingerprint density at radius 2 is 1.57 bits per heavy atom. The minimum atomic E-state index is -4.70. The predicted molar refractivity (Wildman–Crippen MR) is 71.6 cm³/mol. The van der Waals surface area contributed by atoms with Gasteiger partial charge in [-0.15, -0.1) is 11.3 Å². The molecule has 0 unspecified atom stereocenters. The highest BCUT2D eigenvalue weighted by molar-refractivity contribution is 7.94. The van der Waals surface area contributed by atoms with Crippen molar-refractivity contribution in [3.8, 4) is 0 Å². The number of hydrogen-bond acceptors (Lipinski definition) is 3. The molecule has 11 heteroatoms. The van der Waals surface area contributed by atoms with Crippen molar-refractivity contribution in [3.05, 3.63) is 46.8 Å². The summed E-state index contributed by atoms with van der Waals surface area (Å²) in [6.45, 7) is 0. The second-order valence-electron chi connectivity index (χ2n) is 4.30. The molecule has 1 aromatic heterocycles. The summed E-state index contributed by atoms with van der Waals surface area (Å²) >= 11 is -0.0219. The van der Waals surface area contributed by atoms with Gasteiger partial charge in [0.25, 0.3) is 10.0 Å². The lowest BCUT2D eigenvalue weighted by atomic mass is 10.2. The number of anilines is 1. The van der Waals surface area contributed by atoms with E-state index in [1.165, 1.54) is 0 Å². The van der Waals surface area contributed by atoms with Crippen LogP contribution in [0.3, 0.4) is 0 Å². The van der Waals surface area contributed by atoms with Crippen LogP contribution in [0.1, 0.15) is 10.4 Å². The van der Waals surface area contributed by atoms with E-state index in [0.717, 1.165) is 24.3 Å². The zero-order valence-corrected chi connectivity index (χ0v) is 12.5. The van der Waals surface area contributed by atoms with Gasteiger partial charge in [0.05, 0.1) is 5.56 Å². The third kappa shape index (κ3) is 4.16. The Labute approximate surface area is 130 Å². The molecule has 0 saturated heterocycles. The topological polar surface area (TPSA) is 46.2 Å². The monoisotopic (exact) mass is 375 g/mol. The van der Waals surface area contributed by atoms with E-state index < -0.39 is 42.7 Å². The third-order valence-electron chi connectivity index (χ3n) is 2.57. The first-order chi connectivity index (χ1) is 10.4. The average Bonchev–Trinajstić information content (AvgIpc) is 2.87. The molecule has 0 aliphatic rings. The molecule has 0 saturated carbocycles. The highest BCUT2D eigenvalue weighted by atomic mass is 32.2. The first kappa shape index (κ1) is 17.6. The molecule has 0 aliphatic carbocycles. The van der Waals surface area contributed by atoms with Gasteiger partial charge in [-0.25, -0.2) is 8.42 Å². The van der Waals surface area contributed by atoms with Crippen LogP contribution in [-0.2, 0) is 22.4 Å². The van der Waals surface area contributed by atoms with Crippen molar-refractivity contribution in [2.75, 3.05) is 4.72 Å². The van der Waals surface area contributed by atoms with E-state index in [1.54, 1.807) is 0 Å². The molecule has 0 amide bonds. The van der Waals surface area contributed by atoms with Crippen molar-refractivity contribution in [1.29, 1.82) is 0 Å². The average molecular weight is 375 g/mol. The lowest BCUT2D eigenvalue weighted by molar-refractivity contribution is -0.137. The molecule has 1 heterocycles. The molecule has 1 aromatic carbocycles. The molecule has 126 valence electrons. The van der Waals surface area contributed by atoms with Crippen LogP contribution >= 0.6 is 11.3 Å². The standard InChI is InChI=1S/C12H7F6NO2S2/c13-11(14,15)7-2-1-3-8(6-7)19-23(20,21)10-5-4-9(22-10)12(16,17)18/h1-6,19H. The molecule has 3 nitrogen and oxygen atoms in total. The molecular weight excluding hydrogens is 368 g/mol. The maximum absolute atomic E-state index is 12.6. The van der Waals surface area contributed by atoms with Crippen LogP contribution in [0.25, 0.3) is 0 Å². The summed E-state index contributed by atoms with van der Waals surface area (Å²) in [5.74, 6) is 0. The summed E-state index contributed by atoms with van der Waals surface area (Å²) in [7, 11) is -4.41. The molecule has 0 fully saturated rings. The predicted octanol–water partition coefficient (Wildman–Crippen LogP) is 4.59. The second kappa shape index (κ2) is 5.71. The fourth-order valence-electron chi connectivity index (χ4n) is 1.58. The van der Waals surface area contributed by atoms with E-state index in [9.17, 15) is 34.8 Å². The minimum Gasteiger partial charge on any atom is -0.279 e. The summed E-state index contributed by atoms with van der Waals surface area (Å²) in [6, 6.07) is 4.66. The minimum absolute atomic E-state index is 0.0219.